The summed E-state index contributed by atoms with van der Waals surface area (Å²) in [5.41, 5.74) is 0. The second-order valence-electron chi connectivity index (χ2n) is 5.26. The number of esters is 3. The first-order chi connectivity index (χ1) is 11.0. The van der Waals surface area contributed by atoms with Crippen LogP contribution in [0.1, 0.15) is 72.1 Å². The van der Waals surface area contributed by atoms with Gasteiger partial charge in [0.1, 0.15) is 0 Å². The van der Waals surface area contributed by atoms with Gasteiger partial charge in [-0.3, -0.25) is 9.59 Å². The molecule has 0 aliphatic carbocycles. The van der Waals surface area contributed by atoms with Crippen molar-refractivity contribution in [3.63, 3.8) is 0 Å². The van der Waals surface area contributed by atoms with Crippen molar-refractivity contribution in [3.8, 4) is 0 Å². The number of rotatable bonds is 13. The minimum absolute atomic E-state index is 0.160. The van der Waals surface area contributed by atoms with Gasteiger partial charge in [-0.1, -0.05) is 39.0 Å². The molecule has 0 bridgehead atoms. The van der Waals surface area contributed by atoms with Gasteiger partial charge in [-0.25, -0.2) is 4.79 Å². The summed E-state index contributed by atoms with van der Waals surface area (Å²) in [6.45, 7) is 5.84. The van der Waals surface area contributed by atoms with Crippen molar-refractivity contribution in [2.24, 2.45) is 0 Å². The van der Waals surface area contributed by atoms with Crippen LogP contribution in [0.15, 0.2) is 0 Å². The van der Waals surface area contributed by atoms with Crippen molar-refractivity contribution >= 4 is 17.9 Å². The van der Waals surface area contributed by atoms with Crippen LogP contribution >= 0.6 is 0 Å². The van der Waals surface area contributed by atoms with Crippen LogP contribution in [0.3, 0.4) is 0 Å². The van der Waals surface area contributed by atoms with Crippen molar-refractivity contribution < 1.29 is 28.6 Å². The zero-order valence-corrected chi connectivity index (χ0v) is 14.6. The molecule has 23 heavy (non-hydrogen) atoms. The molecule has 0 radical (unpaired) electrons. The van der Waals surface area contributed by atoms with Crippen LogP contribution in [0.5, 0.6) is 0 Å². The van der Waals surface area contributed by atoms with Crippen LogP contribution in [0.25, 0.3) is 0 Å². The molecule has 0 aliphatic heterocycles. The van der Waals surface area contributed by atoms with Gasteiger partial charge in [0.15, 0.2) is 0 Å². The van der Waals surface area contributed by atoms with Crippen molar-refractivity contribution in [2.75, 3.05) is 13.2 Å². The van der Waals surface area contributed by atoms with Gasteiger partial charge >= 0.3 is 17.9 Å². The number of hydrogen-bond donors (Lipinski definition) is 0. The van der Waals surface area contributed by atoms with E-state index in [4.69, 9.17) is 14.2 Å². The van der Waals surface area contributed by atoms with Crippen LogP contribution in [0, 0.1) is 0 Å². The first-order valence-electron chi connectivity index (χ1n) is 8.56. The van der Waals surface area contributed by atoms with E-state index in [-0.39, 0.29) is 26.1 Å². The average molecular weight is 330 g/mol. The number of carbonyl (C=O) groups is 3. The number of carbonyl (C=O) groups excluding carboxylic acids is 3. The van der Waals surface area contributed by atoms with Gasteiger partial charge in [-0.2, -0.15) is 0 Å². The Hall–Kier alpha value is -1.59. The third kappa shape index (κ3) is 11.6. The highest BCUT2D eigenvalue weighted by Gasteiger charge is 2.27. The highest BCUT2D eigenvalue weighted by molar-refractivity contribution is 5.84. The van der Waals surface area contributed by atoms with Crippen molar-refractivity contribution in [1.82, 2.24) is 0 Å². The summed E-state index contributed by atoms with van der Waals surface area (Å²) >= 11 is 0. The van der Waals surface area contributed by atoms with Gasteiger partial charge in [0.05, 0.1) is 19.6 Å². The van der Waals surface area contributed by atoms with Crippen LogP contribution in [0.4, 0.5) is 0 Å². The van der Waals surface area contributed by atoms with Gasteiger partial charge in [0.25, 0.3) is 0 Å². The summed E-state index contributed by atoms with van der Waals surface area (Å²) in [6.07, 6.45) is 5.02. The van der Waals surface area contributed by atoms with E-state index >= 15 is 0 Å². The lowest BCUT2D eigenvalue weighted by atomic mass is 10.1. The van der Waals surface area contributed by atoms with E-state index in [1.807, 2.05) is 0 Å². The lowest BCUT2D eigenvalue weighted by molar-refractivity contribution is -0.171. The topological polar surface area (TPSA) is 78.9 Å². The number of hydrogen-bond acceptors (Lipinski definition) is 6. The Balaban J connectivity index is 4.21. The Bertz CT molecular complexity index is 353. The normalized spacial score (nSPS) is 11.6. The maximum atomic E-state index is 11.8. The van der Waals surface area contributed by atoms with Gasteiger partial charge in [-0.05, 0) is 20.3 Å². The SMILES string of the molecule is CCCCCCCCC(=O)O[C@@H](CC(=O)OCC)C(=O)OCC. The molecular formula is C17H30O6. The number of unbranched alkanes of at least 4 members (excludes halogenated alkanes) is 5. The summed E-state index contributed by atoms with van der Waals surface area (Å²) in [6, 6.07) is 0. The predicted octanol–water partition coefficient (Wildman–Crippen LogP) is 3.17. The first-order valence-corrected chi connectivity index (χ1v) is 8.56. The molecule has 0 amide bonds. The fraction of sp³-hybridized carbons (Fsp3) is 0.824. The van der Waals surface area contributed by atoms with Gasteiger partial charge in [-0.15, -0.1) is 0 Å². The number of ether oxygens (including phenoxy) is 3. The second-order valence-corrected chi connectivity index (χ2v) is 5.26. The molecular weight excluding hydrogens is 300 g/mol. The van der Waals surface area contributed by atoms with E-state index < -0.39 is 24.0 Å². The lowest BCUT2D eigenvalue weighted by Gasteiger charge is -2.15. The summed E-state index contributed by atoms with van der Waals surface area (Å²) in [4.78, 5) is 35.1. The second kappa shape index (κ2) is 14.0. The molecule has 0 aromatic carbocycles. The Morgan fingerprint density at radius 3 is 2.00 bits per heavy atom. The third-order valence-electron chi connectivity index (χ3n) is 3.22. The fourth-order valence-electron chi connectivity index (χ4n) is 2.05. The largest absolute Gasteiger partial charge is 0.466 e. The van der Waals surface area contributed by atoms with Crippen molar-refractivity contribution in [1.29, 1.82) is 0 Å². The molecule has 0 saturated heterocycles. The Kier molecular flexibility index (Phi) is 13.1. The van der Waals surface area contributed by atoms with Crippen LogP contribution < -0.4 is 0 Å². The molecule has 0 N–H and O–H groups in total. The van der Waals surface area contributed by atoms with Crippen LogP contribution in [0.2, 0.25) is 0 Å². The highest BCUT2D eigenvalue weighted by atomic mass is 16.6. The van der Waals surface area contributed by atoms with Crippen molar-refractivity contribution in [3.05, 3.63) is 0 Å². The third-order valence-corrected chi connectivity index (χ3v) is 3.22. The van der Waals surface area contributed by atoms with E-state index in [0.717, 1.165) is 19.3 Å². The predicted molar refractivity (Wildman–Crippen MR) is 85.8 cm³/mol. The molecule has 134 valence electrons. The molecule has 0 unspecified atom stereocenters. The van der Waals surface area contributed by atoms with E-state index in [0.29, 0.717) is 0 Å². The fourth-order valence-corrected chi connectivity index (χ4v) is 2.05. The Morgan fingerprint density at radius 2 is 1.39 bits per heavy atom. The van der Waals surface area contributed by atoms with Crippen LogP contribution in [-0.2, 0) is 28.6 Å². The lowest BCUT2D eigenvalue weighted by Crippen LogP contribution is -2.32. The minimum atomic E-state index is -1.22. The van der Waals surface area contributed by atoms with Gasteiger partial charge < -0.3 is 14.2 Å². The Morgan fingerprint density at radius 1 is 0.783 bits per heavy atom. The monoisotopic (exact) mass is 330 g/mol. The molecule has 0 aromatic heterocycles. The first kappa shape index (κ1) is 21.4. The van der Waals surface area contributed by atoms with E-state index in [2.05, 4.69) is 6.92 Å². The standard InChI is InChI=1S/C17H30O6/c1-4-7-8-9-10-11-12-15(18)23-14(17(20)22-6-3)13-16(19)21-5-2/h14H,4-13H2,1-3H3/t14-/m0/s1. The summed E-state index contributed by atoms with van der Waals surface area (Å²) in [7, 11) is 0. The molecule has 0 rings (SSSR count). The van der Waals surface area contributed by atoms with Crippen LogP contribution in [-0.4, -0.2) is 37.2 Å². The molecule has 6 heteroatoms. The van der Waals surface area contributed by atoms with E-state index in [1.54, 1.807) is 13.8 Å². The molecule has 0 saturated carbocycles. The molecule has 1 atom stereocenters. The van der Waals surface area contributed by atoms with Gasteiger partial charge in [0.2, 0.25) is 6.10 Å². The molecule has 0 heterocycles. The van der Waals surface area contributed by atoms with Gasteiger partial charge in [0, 0.05) is 6.42 Å². The van der Waals surface area contributed by atoms with E-state index in [1.165, 1.54) is 19.3 Å². The maximum absolute atomic E-state index is 11.8. The highest BCUT2D eigenvalue weighted by Crippen LogP contribution is 2.10. The maximum Gasteiger partial charge on any atom is 0.348 e. The zero-order chi connectivity index (χ0) is 17.5. The molecule has 0 aromatic rings. The molecule has 0 spiro atoms. The summed E-state index contributed by atoms with van der Waals surface area (Å²) in [5.74, 6) is -1.78. The summed E-state index contributed by atoms with van der Waals surface area (Å²) in [5, 5.41) is 0. The minimum Gasteiger partial charge on any atom is -0.466 e. The molecule has 0 aliphatic rings. The average Bonchev–Trinajstić information content (AvgIpc) is 2.50. The molecule has 0 fully saturated rings. The van der Waals surface area contributed by atoms with Crippen molar-refractivity contribution in [2.45, 2.75) is 78.2 Å². The Labute approximate surface area is 138 Å². The zero-order valence-electron chi connectivity index (χ0n) is 14.6. The summed E-state index contributed by atoms with van der Waals surface area (Å²) < 4.78 is 14.7. The quantitative estimate of drug-likeness (QED) is 0.293. The van der Waals surface area contributed by atoms with E-state index in [9.17, 15) is 14.4 Å². The molecule has 6 nitrogen and oxygen atoms in total. The smallest absolute Gasteiger partial charge is 0.348 e.